The number of benzene rings is 1. The zero-order valence-electron chi connectivity index (χ0n) is 10.7. The number of allylic oxidation sites excluding steroid dienone is 1. The molecule has 1 aromatic carbocycles. The van der Waals surface area contributed by atoms with E-state index in [9.17, 15) is 0 Å². The van der Waals surface area contributed by atoms with Gasteiger partial charge in [-0.2, -0.15) is 0 Å². The number of hydrogen-bond donors (Lipinski definition) is 0. The number of aromatic nitrogens is 4. The standard InChI is InChI=1S/C14H14N4S/c1-3-9-18-11-8-6-5-7-10(11)12-13(18)15-14(17-16-12)19-4-2/h3,5-8H,1,4,9H2,2H3. The molecule has 2 aromatic heterocycles. The lowest BCUT2D eigenvalue weighted by Gasteiger charge is -2.02. The second-order valence-electron chi connectivity index (χ2n) is 4.12. The summed E-state index contributed by atoms with van der Waals surface area (Å²) in [6, 6.07) is 8.17. The predicted molar refractivity (Wildman–Crippen MR) is 79.4 cm³/mol. The van der Waals surface area contributed by atoms with Crippen LogP contribution in [0.5, 0.6) is 0 Å². The zero-order valence-corrected chi connectivity index (χ0v) is 11.5. The highest BCUT2D eigenvalue weighted by Crippen LogP contribution is 2.26. The lowest BCUT2D eigenvalue weighted by Crippen LogP contribution is -1.99. The third-order valence-electron chi connectivity index (χ3n) is 2.94. The third-order valence-corrected chi connectivity index (χ3v) is 3.66. The van der Waals surface area contributed by atoms with Crippen LogP contribution in [-0.2, 0) is 6.54 Å². The molecule has 0 unspecified atom stereocenters. The van der Waals surface area contributed by atoms with Crippen LogP contribution in [0.25, 0.3) is 22.1 Å². The Balaban J connectivity index is 2.35. The molecule has 19 heavy (non-hydrogen) atoms. The molecular weight excluding hydrogens is 256 g/mol. The monoisotopic (exact) mass is 270 g/mol. The van der Waals surface area contributed by atoms with Gasteiger partial charge in [0.1, 0.15) is 5.52 Å². The average Bonchev–Trinajstić information content (AvgIpc) is 2.74. The molecule has 4 nitrogen and oxygen atoms in total. The quantitative estimate of drug-likeness (QED) is 0.539. The molecule has 5 heteroatoms. The van der Waals surface area contributed by atoms with Crippen molar-refractivity contribution in [3.8, 4) is 0 Å². The highest BCUT2D eigenvalue weighted by atomic mass is 32.2. The van der Waals surface area contributed by atoms with E-state index in [0.29, 0.717) is 0 Å². The van der Waals surface area contributed by atoms with Gasteiger partial charge in [0.05, 0.1) is 5.52 Å². The van der Waals surface area contributed by atoms with Crippen LogP contribution in [0.1, 0.15) is 6.92 Å². The number of nitrogens with zero attached hydrogens (tertiary/aromatic N) is 4. The summed E-state index contributed by atoms with van der Waals surface area (Å²) in [5.41, 5.74) is 2.86. The Labute approximate surface area is 115 Å². The summed E-state index contributed by atoms with van der Waals surface area (Å²) in [7, 11) is 0. The fourth-order valence-electron chi connectivity index (χ4n) is 2.19. The molecule has 0 aliphatic carbocycles. The zero-order chi connectivity index (χ0) is 13.2. The first-order valence-corrected chi connectivity index (χ1v) is 7.19. The van der Waals surface area contributed by atoms with E-state index < -0.39 is 0 Å². The molecule has 3 rings (SSSR count). The van der Waals surface area contributed by atoms with Crippen molar-refractivity contribution >= 4 is 33.8 Å². The summed E-state index contributed by atoms with van der Waals surface area (Å²) in [5.74, 6) is 0.939. The van der Waals surface area contributed by atoms with E-state index >= 15 is 0 Å². The summed E-state index contributed by atoms with van der Waals surface area (Å²) >= 11 is 1.60. The SMILES string of the molecule is C=CCn1c2ccccc2c2nnc(SCC)nc21. The van der Waals surface area contributed by atoms with E-state index in [1.54, 1.807) is 11.8 Å². The van der Waals surface area contributed by atoms with Gasteiger partial charge in [-0.15, -0.1) is 16.8 Å². The molecule has 0 spiro atoms. The van der Waals surface area contributed by atoms with Gasteiger partial charge in [-0.05, 0) is 11.8 Å². The fraction of sp³-hybridized carbons (Fsp3) is 0.214. The van der Waals surface area contributed by atoms with E-state index in [1.165, 1.54) is 0 Å². The minimum Gasteiger partial charge on any atom is -0.320 e. The number of hydrogen-bond acceptors (Lipinski definition) is 4. The van der Waals surface area contributed by atoms with Crippen LogP contribution in [0, 0.1) is 0 Å². The van der Waals surface area contributed by atoms with Gasteiger partial charge in [0.2, 0.25) is 5.16 Å². The van der Waals surface area contributed by atoms with Gasteiger partial charge >= 0.3 is 0 Å². The van der Waals surface area contributed by atoms with Crippen molar-refractivity contribution in [3.63, 3.8) is 0 Å². The Morgan fingerprint density at radius 1 is 1.32 bits per heavy atom. The Morgan fingerprint density at radius 3 is 2.95 bits per heavy atom. The second kappa shape index (κ2) is 5.01. The Morgan fingerprint density at radius 2 is 2.16 bits per heavy atom. The van der Waals surface area contributed by atoms with Gasteiger partial charge in [0.25, 0.3) is 0 Å². The fourth-order valence-corrected chi connectivity index (χ4v) is 2.70. The van der Waals surface area contributed by atoms with Crippen LogP contribution in [-0.4, -0.2) is 25.5 Å². The van der Waals surface area contributed by atoms with Crippen molar-refractivity contribution in [2.75, 3.05) is 5.75 Å². The maximum atomic E-state index is 4.63. The molecule has 0 bridgehead atoms. The highest BCUT2D eigenvalue weighted by molar-refractivity contribution is 7.99. The van der Waals surface area contributed by atoms with E-state index in [-0.39, 0.29) is 0 Å². The minimum atomic E-state index is 0.721. The van der Waals surface area contributed by atoms with Crippen LogP contribution in [0.3, 0.4) is 0 Å². The minimum absolute atomic E-state index is 0.721. The number of thioether (sulfide) groups is 1. The molecule has 0 saturated heterocycles. The number of rotatable bonds is 4. The van der Waals surface area contributed by atoms with Crippen LogP contribution >= 0.6 is 11.8 Å². The van der Waals surface area contributed by atoms with E-state index in [2.05, 4.69) is 45.4 Å². The van der Waals surface area contributed by atoms with Crippen molar-refractivity contribution in [2.24, 2.45) is 0 Å². The van der Waals surface area contributed by atoms with Crippen molar-refractivity contribution in [1.29, 1.82) is 0 Å². The number of fused-ring (bicyclic) bond motifs is 3. The first kappa shape index (κ1) is 12.2. The molecule has 0 amide bonds. The molecule has 0 saturated carbocycles. The topological polar surface area (TPSA) is 43.6 Å². The average molecular weight is 270 g/mol. The van der Waals surface area contributed by atoms with E-state index in [0.717, 1.165) is 39.5 Å². The van der Waals surface area contributed by atoms with E-state index in [4.69, 9.17) is 0 Å². The third kappa shape index (κ3) is 2.00. The molecule has 0 aliphatic heterocycles. The van der Waals surface area contributed by atoms with Gasteiger partial charge in [-0.25, -0.2) is 4.98 Å². The van der Waals surface area contributed by atoms with Gasteiger partial charge < -0.3 is 4.57 Å². The molecular formula is C14H14N4S. The lowest BCUT2D eigenvalue weighted by atomic mass is 10.2. The molecule has 0 N–H and O–H groups in total. The van der Waals surface area contributed by atoms with Crippen molar-refractivity contribution in [1.82, 2.24) is 19.7 Å². The first-order chi connectivity index (χ1) is 9.35. The van der Waals surface area contributed by atoms with Crippen LogP contribution in [0.4, 0.5) is 0 Å². The van der Waals surface area contributed by atoms with Gasteiger partial charge in [0.15, 0.2) is 5.65 Å². The van der Waals surface area contributed by atoms with E-state index in [1.807, 2.05) is 18.2 Å². The first-order valence-electron chi connectivity index (χ1n) is 6.20. The van der Waals surface area contributed by atoms with Crippen molar-refractivity contribution in [3.05, 3.63) is 36.9 Å². The normalized spacial score (nSPS) is 11.2. The maximum absolute atomic E-state index is 4.63. The van der Waals surface area contributed by atoms with Crippen molar-refractivity contribution < 1.29 is 0 Å². The second-order valence-corrected chi connectivity index (χ2v) is 5.35. The molecule has 2 heterocycles. The molecule has 0 atom stereocenters. The smallest absolute Gasteiger partial charge is 0.211 e. The van der Waals surface area contributed by atoms with Crippen LogP contribution in [0.2, 0.25) is 0 Å². The largest absolute Gasteiger partial charge is 0.320 e. The molecule has 0 aliphatic rings. The molecule has 0 fully saturated rings. The maximum Gasteiger partial charge on any atom is 0.211 e. The van der Waals surface area contributed by atoms with Gasteiger partial charge in [0, 0.05) is 11.9 Å². The predicted octanol–water partition coefficient (Wildman–Crippen LogP) is 3.28. The highest BCUT2D eigenvalue weighted by Gasteiger charge is 2.13. The summed E-state index contributed by atoms with van der Waals surface area (Å²) in [4.78, 5) is 4.63. The summed E-state index contributed by atoms with van der Waals surface area (Å²) < 4.78 is 2.13. The Bertz CT molecular complexity index is 748. The Hall–Kier alpha value is -1.88. The Kier molecular flexibility index (Phi) is 3.21. The van der Waals surface area contributed by atoms with Crippen molar-refractivity contribution in [2.45, 2.75) is 18.6 Å². The lowest BCUT2D eigenvalue weighted by molar-refractivity contribution is 0.828. The summed E-state index contributed by atoms with van der Waals surface area (Å²) in [6.07, 6.45) is 1.88. The summed E-state index contributed by atoms with van der Waals surface area (Å²) in [5, 5.41) is 10.3. The van der Waals surface area contributed by atoms with Gasteiger partial charge in [-0.1, -0.05) is 43.0 Å². The van der Waals surface area contributed by atoms with Gasteiger partial charge in [-0.3, -0.25) is 0 Å². The summed E-state index contributed by atoms with van der Waals surface area (Å²) in [6.45, 7) is 6.62. The van der Waals surface area contributed by atoms with Crippen LogP contribution < -0.4 is 0 Å². The number of para-hydroxylation sites is 1. The molecule has 96 valence electrons. The molecule has 3 aromatic rings. The molecule has 0 radical (unpaired) electrons. The van der Waals surface area contributed by atoms with Crippen LogP contribution in [0.15, 0.2) is 42.1 Å².